The van der Waals surface area contributed by atoms with E-state index in [1.807, 2.05) is 37.3 Å². The lowest BCUT2D eigenvalue weighted by Gasteiger charge is -2.08. The van der Waals surface area contributed by atoms with E-state index in [4.69, 9.17) is 11.6 Å². The molecule has 5 rings (SSSR count). The SMILES string of the molecule is Cc1ccc(-c2ccnc3c(C(=O)NCCCn4nc(C(F)(F)F)c(Cl)c4C4CC4)cnn23)cc1. The van der Waals surface area contributed by atoms with Crippen LogP contribution in [0.5, 0.6) is 0 Å². The number of hydrogen-bond acceptors (Lipinski definition) is 4. The number of aryl methyl sites for hydroxylation is 2. The molecule has 0 unspecified atom stereocenters. The first kappa shape index (κ1) is 23.3. The fraction of sp³-hybridized carbons (Fsp3) is 0.333. The third-order valence-corrected chi connectivity index (χ3v) is 6.36. The van der Waals surface area contributed by atoms with Crippen LogP contribution in [0.2, 0.25) is 5.02 Å². The normalized spacial score (nSPS) is 14.0. The van der Waals surface area contributed by atoms with E-state index in [0.29, 0.717) is 23.3 Å². The molecule has 0 aliphatic heterocycles. The van der Waals surface area contributed by atoms with Gasteiger partial charge in [-0.3, -0.25) is 9.48 Å². The van der Waals surface area contributed by atoms with Gasteiger partial charge in [0.05, 0.1) is 22.6 Å². The minimum absolute atomic E-state index is 0.00766. The molecule has 1 amide bonds. The van der Waals surface area contributed by atoms with E-state index in [0.717, 1.165) is 29.7 Å². The number of hydrogen-bond donors (Lipinski definition) is 1. The van der Waals surface area contributed by atoms with Crippen LogP contribution >= 0.6 is 11.6 Å². The van der Waals surface area contributed by atoms with Gasteiger partial charge in [-0.1, -0.05) is 41.4 Å². The highest BCUT2D eigenvalue weighted by molar-refractivity contribution is 6.32. The maximum Gasteiger partial charge on any atom is 0.436 e. The fourth-order valence-electron chi connectivity index (χ4n) is 4.07. The van der Waals surface area contributed by atoms with Crippen molar-refractivity contribution in [3.8, 4) is 11.3 Å². The summed E-state index contributed by atoms with van der Waals surface area (Å²) < 4.78 is 42.6. The summed E-state index contributed by atoms with van der Waals surface area (Å²) in [6.45, 7) is 2.47. The van der Waals surface area contributed by atoms with Gasteiger partial charge in [-0.15, -0.1) is 0 Å². The van der Waals surface area contributed by atoms with Gasteiger partial charge in [-0.25, -0.2) is 9.50 Å². The molecule has 1 aliphatic carbocycles. The van der Waals surface area contributed by atoms with Gasteiger partial charge >= 0.3 is 6.18 Å². The van der Waals surface area contributed by atoms with Crippen LogP contribution in [0.3, 0.4) is 0 Å². The maximum atomic E-state index is 13.2. The molecule has 1 N–H and O–H groups in total. The number of aromatic nitrogens is 5. The largest absolute Gasteiger partial charge is 0.436 e. The van der Waals surface area contributed by atoms with E-state index < -0.39 is 11.9 Å². The molecule has 1 saturated carbocycles. The van der Waals surface area contributed by atoms with Gasteiger partial charge in [-0.05, 0) is 32.3 Å². The summed E-state index contributed by atoms with van der Waals surface area (Å²) in [5, 5.41) is 10.6. The van der Waals surface area contributed by atoms with Crippen molar-refractivity contribution >= 4 is 23.2 Å². The molecule has 1 fully saturated rings. The Balaban J connectivity index is 1.27. The van der Waals surface area contributed by atoms with Crippen LogP contribution in [0, 0.1) is 6.92 Å². The first-order valence-electron chi connectivity index (χ1n) is 11.3. The standard InChI is InChI=1S/C24H22ClF3N6O/c1-14-3-5-15(6-4-14)18-9-11-29-22-17(13-31-34(18)22)23(35)30-10-2-12-33-20(16-7-8-16)19(25)21(32-33)24(26,27)28/h3-6,9,11,13,16H,2,7-8,10,12H2,1H3,(H,30,35). The Morgan fingerprint density at radius 1 is 1.20 bits per heavy atom. The molecular formula is C24H22ClF3N6O. The second-order valence-corrected chi connectivity index (χ2v) is 9.02. The quantitative estimate of drug-likeness (QED) is 0.349. The number of fused-ring (bicyclic) bond motifs is 1. The molecular weight excluding hydrogens is 481 g/mol. The number of halogens is 4. The minimum atomic E-state index is -4.60. The summed E-state index contributed by atoms with van der Waals surface area (Å²) in [6.07, 6.45) is 0.471. The highest BCUT2D eigenvalue weighted by Gasteiger charge is 2.41. The van der Waals surface area contributed by atoms with E-state index in [-0.39, 0.29) is 29.9 Å². The molecule has 0 atom stereocenters. The van der Waals surface area contributed by atoms with Gasteiger partial charge in [0.1, 0.15) is 5.56 Å². The third-order valence-electron chi connectivity index (χ3n) is 5.99. The Morgan fingerprint density at radius 3 is 2.63 bits per heavy atom. The maximum absolute atomic E-state index is 13.2. The number of benzene rings is 1. The van der Waals surface area contributed by atoms with Gasteiger partial charge in [0.15, 0.2) is 11.3 Å². The predicted octanol–water partition coefficient (Wildman–Crippen LogP) is 5.27. The number of nitrogens with zero attached hydrogens (tertiary/aromatic N) is 5. The summed E-state index contributed by atoms with van der Waals surface area (Å²) in [5.41, 5.74) is 3.01. The van der Waals surface area contributed by atoms with Crippen molar-refractivity contribution in [1.29, 1.82) is 0 Å². The Bertz CT molecular complexity index is 1390. The van der Waals surface area contributed by atoms with E-state index in [1.54, 1.807) is 10.7 Å². The summed E-state index contributed by atoms with van der Waals surface area (Å²) >= 11 is 6.01. The predicted molar refractivity (Wildman–Crippen MR) is 124 cm³/mol. The molecule has 4 aromatic rings. The molecule has 35 heavy (non-hydrogen) atoms. The highest BCUT2D eigenvalue weighted by Crippen LogP contribution is 2.46. The Labute approximate surface area is 203 Å². The Hall–Kier alpha value is -3.40. The second kappa shape index (κ2) is 8.99. The number of rotatable bonds is 7. The van der Waals surface area contributed by atoms with Crippen LogP contribution < -0.4 is 5.32 Å². The van der Waals surface area contributed by atoms with Crippen LogP contribution in [0.4, 0.5) is 13.2 Å². The smallest absolute Gasteiger partial charge is 0.352 e. The zero-order chi connectivity index (χ0) is 24.7. The number of carbonyl (C=O) groups is 1. The second-order valence-electron chi connectivity index (χ2n) is 8.64. The van der Waals surface area contributed by atoms with Gasteiger partial charge in [0, 0.05) is 30.8 Å². The van der Waals surface area contributed by atoms with E-state index in [1.165, 1.54) is 10.9 Å². The number of alkyl halides is 3. The van der Waals surface area contributed by atoms with Crippen LogP contribution in [-0.2, 0) is 12.7 Å². The number of carbonyl (C=O) groups excluding carboxylic acids is 1. The lowest BCUT2D eigenvalue weighted by Crippen LogP contribution is -2.25. The van der Waals surface area contributed by atoms with Crippen LogP contribution in [0.1, 0.15) is 52.5 Å². The first-order valence-corrected chi connectivity index (χ1v) is 11.6. The van der Waals surface area contributed by atoms with Crippen molar-refractivity contribution < 1.29 is 18.0 Å². The van der Waals surface area contributed by atoms with Crippen molar-refractivity contribution in [2.24, 2.45) is 0 Å². The van der Waals surface area contributed by atoms with Crippen molar-refractivity contribution in [3.63, 3.8) is 0 Å². The minimum Gasteiger partial charge on any atom is -0.352 e. The summed E-state index contributed by atoms with van der Waals surface area (Å²) in [7, 11) is 0. The zero-order valence-corrected chi connectivity index (χ0v) is 19.6. The van der Waals surface area contributed by atoms with Gasteiger partial charge in [-0.2, -0.15) is 23.4 Å². The van der Waals surface area contributed by atoms with Crippen molar-refractivity contribution in [1.82, 2.24) is 29.7 Å². The highest BCUT2D eigenvalue weighted by atomic mass is 35.5. The lowest BCUT2D eigenvalue weighted by molar-refractivity contribution is -0.141. The van der Waals surface area contributed by atoms with E-state index in [2.05, 4.69) is 20.5 Å². The zero-order valence-electron chi connectivity index (χ0n) is 18.8. The summed E-state index contributed by atoms with van der Waals surface area (Å²) in [6, 6.07) is 9.78. The first-order chi connectivity index (χ1) is 16.7. The molecule has 0 bridgehead atoms. The van der Waals surface area contributed by atoms with Crippen molar-refractivity contribution in [3.05, 3.63) is 70.3 Å². The molecule has 0 saturated heterocycles. The summed E-state index contributed by atoms with van der Waals surface area (Å²) in [4.78, 5) is 17.1. The molecule has 1 aliphatic rings. The monoisotopic (exact) mass is 502 g/mol. The van der Waals surface area contributed by atoms with Gasteiger partial charge < -0.3 is 5.32 Å². The number of amides is 1. The molecule has 0 spiro atoms. The fourth-order valence-corrected chi connectivity index (χ4v) is 4.47. The van der Waals surface area contributed by atoms with E-state index in [9.17, 15) is 18.0 Å². The van der Waals surface area contributed by atoms with Crippen LogP contribution in [-0.4, -0.2) is 36.8 Å². The molecule has 1 aromatic carbocycles. The molecule has 7 nitrogen and oxygen atoms in total. The average Bonchev–Trinajstić information content (AvgIpc) is 3.45. The number of nitrogens with one attached hydrogen (secondary N) is 1. The molecule has 11 heteroatoms. The Morgan fingerprint density at radius 2 is 1.94 bits per heavy atom. The molecule has 182 valence electrons. The topological polar surface area (TPSA) is 77.1 Å². The summed E-state index contributed by atoms with van der Waals surface area (Å²) in [5.74, 6) is -0.348. The third kappa shape index (κ3) is 4.62. The van der Waals surface area contributed by atoms with Crippen molar-refractivity contribution in [2.75, 3.05) is 6.54 Å². The molecule has 3 heterocycles. The Kier molecular flexibility index (Phi) is 6.00. The molecule has 0 radical (unpaired) electrons. The van der Waals surface area contributed by atoms with Gasteiger partial charge in [0.2, 0.25) is 0 Å². The van der Waals surface area contributed by atoms with Gasteiger partial charge in [0.25, 0.3) is 5.91 Å². The van der Waals surface area contributed by atoms with E-state index >= 15 is 0 Å². The van der Waals surface area contributed by atoms with Crippen LogP contribution in [0.15, 0.2) is 42.7 Å². The average molecular weight is 503 g/mol. The molecule has 3 aromatic heterocycles. The van der Waals surface area contributed by atoms with Crippen LogP contribution in [0.25, 0.3) is 16.9 Å². The lowest BCUT2D eigenvalue weighted by atomic mass is 10.1. The van der Waals surface area contributed by atoms with Crippen molar-refractivity contribution in [2.45, 2.75) is 44.8 Å².